The van der Waals surface area contributed by atoms with Crippen molar-refractivity contribution in [3.63, 3.8) is 0 Å². The number of nitrogens with one attached hydrogen (secondary N) is 3. The molecule has 3 unspecified atom stereocenters. The van der Waals surface area contributed by atoms with Gasteiger partial charge in [-0.2, -0.15) is 21.6 Å². The molecular formula is C48H66N6O22P3S2+. The number of carbonyl (C=O) groups is 2. The van der Waals surface area contributed by atoms with E-state index >= 15 is 0 Å². The number of anilines is 1. The fourth-order valence-corrected chi connectivity index (χ4v) is 13.9. The number of hydrogen-bond acceptors (Lipinski definition) is 19. The van der Waals surface area contributed by atoms with E-state index < -0.39 is 80.7 Å². The van der Waals surface area contributed by atoms with Gasteiger partial charge in [0.25, 0.3) is 15.7 Å². The Morgan fingerprint density at radius 3 is 2.33 bits per heavy atom. The molecule has 1 saturated heterocycles. The number of amides is 2. The van der Waals surface area contributed by atoms with Crippen LogP contribution >= 0.6 is 35.5 Å². The molecule has 6 atom stereocenters. The van der Waals surface area contributed by atoms with Crippen LogP contribution in [0.4, 0.5) is 11.4 Å². The van der Waals surface area contributed by atoms with Gasteiger partial charge in [0, 0.05) is 84.5 Å². The Kier molecular flexibility index (Phi) is 22.0. The second-order valence-electron chi connectivity index (χ2n) is 19.6. The number of likely N-dealkylation sites (N-methyl/N-ethyl adjacent to an activating group) is 1. The predicted octanol–water partition coefficient (Wildman–Crippen LogP) is 5.51. The maximum atomic E-state index is 13.1. The summed E-state index contributed by atoms with van der Waals surface area (Å²) in [6, 6.07) is 10.4. The molecule has 3 aromatic rings. The summed E-state index contributed by atoms with van der Waals surface area (Å²) in [6.07, 6.45) is 8.42. The lowest BCUT2D eigenvalue weighted by Gasteiger charge is -2.30. The number of phosphoric acid groups is 3. The predicted molar refractivity (Wildman–Crippen MR) is 292 cm³/mol. The summed E-state index contributed by atoms with van der Waals surface area (Å²) >= 11 is 0.884. The van der Waals surface area contributed by atoms with E-state index in [4.69, 9.17) is 19.8 Å². The van der Waals surface area contributed by atoms with Crippen molar-refractivity contribution in [1.29, 1.82) is 0 Å². The van der Waals surface area contributed by atoms with Gasteiger partial charge >= 0.3 is 29.2 Å². The van der Waals surface area contributed by atoms with Crippen LogP contribution < -0.4 is 26.8 Å². The van der Waals surface area contributed by atoms with Crippen LogP contribution in [0.5, 0.6) is 0 Å². The number of ether oxygens (including phenoxy) is 1. The monoisotopic (exact) mass is 1240 g/mol. The van der Waals surface area contributed by atoms with Crippen LogP contribution in [0.15, 0.2) is 92.0 Å². The van der Waals surface area contributed by atoms with E-state index in [1.807, 2.05) is 44.2 Å². The lowest BCUT2D eigenvalue weighted by atomic mass is 9.77. The lowest BCUT2D eigenvalue weighted by Crippen LogP contribution is -2.33. The van der Waals surface area contributed by atoms with E-state index in [9.17, 15) is 60.7 Å². The zero-order valence-corrected chi connectivity index (χ0v) is 48.9. The summed E-state index contributed by atoms with van der Waals surface area (Å²) in [7, 11) is -21.5. The number of unbranched alkanes of at least 4 members (excludes halogenated alkanes) is 2. The molecule has 0 saturated carbocycles. The molecule has 3 aliphatic rings. The third-order valence-electron chi connectivity index (χ3n) is 13.7. The average molecular weight is 1240 g/mol. The number of nitrogens with zero attached hydrogens (tertiary/aromatic N) is 3. The number of carbonyl (C=O) groups excluding carboxylic acids is 2. The van der Waals surface area contributed by atoms with E-state index in [-0.39, 0.29) is 48.1 Å². The number of aromatic nitrogens is 2. The molecule has 81 heavy (non-hydrogen) atoms. The first-order valence-corrected chi connectivity index (χ1v) is 32.0. The number of allylic oxidation sites excluding steroid dienone is 4. The van der Waals surface area contributed by atoms with Crippen molar-refractivity contribution in [3.05, 3.63) is 110 Å². The Labute approximate surface area is 469 Å². The molecule has 2 amide bonds. The second kappa shape index (κ2) is 27.3. The van der Waals surface area contributed by atoms with Crippen LogP contribution in [0.25, 0.3) is 6.08 Å². The first-order valence-electron chi connectivity index (χ1n) is 25.3. The summed E-state index contributed by atoms with van der Waals surface area (Å²) in [5, 5.41) is 28.6. The minimum atomic E-state index is -5.80. The van der Waals surface area contributed by atoms with Crippen LogP contribution in [0.3, 0.4) is 0 Å². The van der Waals surface area contributed by atoms with Gasteiger partial charge in [-0.1, -0.05) is 29.7 Å². The maximum absolute atomic E-state index is 13.1. The molecule has 1 fully saturated rings. The molecule has 0 radical (unpaired) electrons. The smallest absolute Gasteiger partial charge is 0.390 e. The Morgan fingerprint density at radius 2 is 1.65 bits per heavy atom. The number of phosphoric ester groups is 1. The van der Waals surface area contributed by atoms with Gasteiger partial charge in [-0.3, -0.25) is 33.0 Å². The van der Waals surface area contributed by atoms with Gasteiger partial charge in [-0.05, 0) is 102 Å². The number of aliphatic hydroxyl groups excluding tert-OH is 1. The van der Waals surface area contributed by atoms with Crippen molar-refractivity contribution in [2.45, 2.75) is 125 Å². The summed E-state index contributed by atoms with van der Waals surface area (Å²) in [4.78, 5) is 92.1. The topological polar surface area (TPSA) is 402 Å². The molecule has 1 aromatic heterocycles. The molecule has 2 aromatic carbocycles. The van der Waals surface area contributed by atoms with E-state index in [1.54, 1.807) is 6.07 Å². The van der Waals surface area contributed by atoms with Crippen LogP contribution in [-0.2, 0) is 71.5 Å². The summed E-state index contributed by atoms with van der Waals surface area (Å²) in [6.45, 7) is 10.9. The van der Waals surface area contributed by atoms with Crippen molar-refractivity contribution in [1.82, 2.24) is 20.2 Å². The van der Waals surface area contributed by atoms with Gasteiger partial charge in [0.1, 0.15) is 18.9 Å². The van der Waals surface area contributed by atoms with Gasteiger partial charge < -0.3 is 45.0 Å². The summed E-state index contributed by atoms with van der Waals surface area (Å²) in [5.41, 5.74) is 2.50. The van der Waals surface area contributed by atoms with Gasteiger partial charge in [0.15, 0.2) is 5.71 Å². The molecule has 3 aliphatic heterocycles. The number of hydrogen-bond donors (Lipinski definition) is 10. The van der Waals surface area contributed by atoms with E-state index in [0.717, 1.165) is 56.0 Å². The van der Waals surface area contributed by atoms with Crippen molar-refractivity contribution >= 4 is 80.6 Å². The largest absolute Gasteiger partial charge is 0.490 e. The highest BCUT2D eigenvalue weighted by molar-refractivity contribution is 7.94. The van der Waals surface area contributed by atoms with Gasteiger partial charge in [0.2, 0.25) is 17.5 Å². The molecule has 0 spiro atoms. The Morgan fingerprint density at radius 1 is 0.938 bits per heavy atom. The third kappa shape index (κ3) is 17.0. The number of fused-ring (bicyclic) bond motifs is 2. The minimum absolute atomic E-state index is 0.00197. The molecule has 0 bridgehead atoms. The Hall–Kier alpha value is -4.78. The SMILES string of the molecule is CCN1C(=CC=CC2=[N+](CC)c3ccc(SOOO)cc3C2(C)C)C(C)(CCCC(=O)NCCCCCC(=O)NCC=Cc2cn([C@H]3C[C@@H](O)[C@@H](COP(=O)(O)OP(=O)(O)OP(=O)(O)O)O3)c(=O)[nH]c2=O)c2cc(S(=O)(=O)O)ccc21. The fourth-order valence-electron chi connectivity index (χ4n) is 9.92. The van der Waals surface area contributed by atoms with E-state index in [0.29, 0.717) is 57.3 Å². The standard InChI is InChI=1S/C48H65N6O22P3S2/c1-6-52-36-21-19-32(80-74-73-60)26-34(36)47(3,4)40(52)15-11-16-41-48(5,35-27-33(81(68,69)70)20-22-37(35)53(41)7-2)23-12-18-43(57)49-24-10-8-9-17-42(56)50-25-13-14-31-29-54(46(59)51-45(31)58)44-28-38(55)39(72-44)30-71-78(64,65)76-79(66,67)75-77(61,62)63/h11,13-16,19-22,26-27,29,38-39,44,55H,6-10,12,17-18,23-25,28,30H2,1-5H3,(H8-,49,50,51,56,57,58,59,60,61,62,63,64,65,66,67,68,69,70)/p+1/t38-,39-,44-,48?/m1/s1. The second-order valence-corrected chi connectivity index (χ2v) is 26.2. The molecule has 4 heterocycles. The van der Waals surface area contributed by atoms with Gasteiger partial charge in [-0.25, -0.2) is 23.7 Å². The number of aromatic amines is 1. The first kappa shape index (κ1) is 65.4. The maximum Gasteiger partial charge on any atom is 0.490 e. The zero-order valence-electron chi connectivity index (χ0n) is 44.6. The highest BCUT2D eigenvalue weighted by Crippen LogP contribution is 2.66. The molecule has 6 rings (SSSR count). The van der Waals surface area contributed by atoms with Crippen LogP contribution in [0.1, 0.15) is 109 Å². The zero-order chi connectivity index (χ0) is 59.7. The average Bonchev–Trinajstić information content (AvgIpc) is 4.18. The number of aliphatic hydroxyl groups is 1. The Bertz CT molecular complexity index is 3340. The molecular weight excluding hydrogens is 1170 g/mol. The van der Waals surface area contributed by atoms with Crippen molar-refractivity contribution < 1.29 is 98.0 Å². The third-order valence-corrected chi connectivity index (χ3v) is 18.9. The molecule has 28 nitrogen and oxygen atoms in total. The number of rotatable bonds is 29. The highest BCUT2D eigenvalue weighted by atomic mass is 32.2. The lowest BCUT2D eigenvalue weighted by molar-refractivity contribution is -0.433. The molecule has 446 valence electrons. The number of benzene rings is 2. The van der Waals surface area contributed by atoms with Crippen LogP contribution in [0.2, 0.25) is 0 Å². The van der Waals surface area contributed by atoms with E-state index in [1.165, 1.54) is 24.3 Å². The molecule has 33 heteroatoms. The van der Waals surface area contributed by atoms with Crippen LogP contribution in [0, 0.1) is 0 Å². The first-order chi connectivity index (χ1) is 37.9. The van der Waals surface area contributed by atoms with Crippen molar-refractivity contribution in [2.24, 2.45) is 0 Å². The van der Waals surface area contributed by atoms with Gasteiger partial charge in [-0.15, -0.1) is 4.33 Å². The normalized spacial score (nSPS) is 21.9. The summed E-state index contributed by atoms with van der Waals surface area (Å²) < 4.78 is 94.5. The van der Waals surface area contributed by atoms with Gasteiger partial charge in [0.05, 0.1) is 40.6 Å². The van der Waals surface area contributed by atoms with Crippen LogP contribution in [-0.4, -0.2) is 120 Å². The Balaban J connectivity index is 0.967. The van der Waals surface area contributed by atoms with Crippen molar-refractivity contribution in [3.8, 4) is 0 Å². The van der Waals surface area contributed by atoms with Crippen molar-refractivity contribution in [2.75, 3.05) is 37.7 Å². The number of H-pyrrole nitrogens is 1. The summed E-state index contributed by atoms with van der Waals surface area (Å²) in [5.74, 6) is -0.471. The highest BCUT2D eigenvalue weighted by Gasteiger charge is 2.46. The van der Waals surface area contributed by atoms with E-state index in [2.05, 4.69) is 74.5 Å². The molecule has 10 N–H and O–H groups in total. The molecule has 0 aliphatic carbocycles. The fraction of sp³-hybridized carbons (Fsp3) is 0.479. The minimum Gasteiger partial charge on any atom is -0.390 e. The quantitative estimate of drug-likeness (QED) is 0.00778.